The molecule has 1 N–H and O–H groups in total. The lowest BCUT2D eigenvalue weighted by Crippen LogP contribution is -2.29. The van der Waals surface area contributed by atoms with Gasteiger partial charge in [0.2, 0.25) is 0 Å². The first-order valence-electron chi connectivity index (χ1n) is 10.5. The number of nitrogens with one attached hydrogen (secondary N) is 1. The molecule has 2 aromatic heterocycles. The summed E-state index contributed by atoms with van der Waals surface area (Å²) < 4.78 is 6.75. The lowest BCUT2D eigenvalue weighted by atomic mass is 10.1. The van der Waals surface area contributed by atoms with Crippen molar-refractivity contribution in [1.29, 1.82) is 0 Å². The van der Waals surface area contributed by atoms with E-state index in [0.29, 0.717) is 17.2 Å². The number of aromatic nitrogens is 4. The standard InChI is InChI=1S/C22H26N6O3/c1-15-19(16(2)28-22(25-15)23-14-24-28)12-21(30)31-13-20(29)26-17-6-8-18(9-7-17)27-10-4-3-5-11-27/h6-9,14H,3-5,10-13H2,1-2H3,(H,26,29). The molecule has 0 aliphatic carbocycles. The van der Waals surface area contributed by atoms with Crippen molar-refractivity contribution in [3.05, 3.63) is 47.5 Å². The van der Waals surface area contributed by atoms with E-state index in [2.05, 4.69) is 25.3 Å². The average molecular weight is 422 g/mol. The Balaban J connectivity index is 1.29. The minimum absolute atomic E-state index is 0.0122. The molecular formula is C22H26N6O3. The van der Waals surface area contributed by atoms with Crippen LogP contribution in [0, 0.1) is 13.8 Å². The van der Waals surface area contributed by atoms with E-state index >= 15 is 0 Å². The van der Waals surface area contributed by atoms with Crippen LogP contribution < -0.4 is 10.2 Å². The molecule has 0 radical (unpaired) electrons. The van der Waals surface area contributed by atoms with Gasteiger partial charge in [0.1, 0.15) is 6.33 Å². The van der Waals surface area contributed by atoms with Crippen molar-refractivity contribution >= 4 is 29.0 Å². The van der Waals surface area contributed by atoms with Gasteiger partial charge in [-0.3, -0.25) is 9.59 Å². The van der Waals surface area contributed by atoms with Gasteiger partial charge in [-0.2, -0.15) is 10.1 Å². The number of piperidine rings is 1. The molecule has 1 amide bonds. The topological polar surface area (TPSA) is 102 Å². The Hall–Kier alpha value is -3.49. The lowest BCUT2D eigenvalue weighted by Gasteiger charge is -2.28. The minimum Gasteiger partial charge on any atom is -0.455 e. The maximum atomic E-state index is 12.3. The van der Waals surface area contributed by atoms with Gasteiger partial charge >= 0.3 is 5.97 Å². The summed E-state index contributed by atoms with van der Waals surface area (Å²) in [5.74, 6) is -0.391. The highest BCUT2D eigenvalue weighted by atomic mass is 16.5. The Labute approximate surface area is 180 Å². The molecule has 0 bridgehead atoms. The molecule has 0 spiro atoms. The number of nitrogens with zero attached hydrogens (tertiary/aromatic N) is 5. The molecule has 1 aromatic carbocycles. The maximum absolute atomic E-state index is 12.3. The number of ether oxygens (including phenoxy) is 1. The summed E-state index contributed by atoms with van der Waals surface area (Å²) in [5, 5.41) is 6.87. The molecule has 1 aliphatic rings. The van der Waals surface area contributed by atoms with Crippen molar-refractivity contribution in [1.82, 2.24) is 19.6 Å². The molecule has 0 unspecified atom stereocenters. The fourth-order valence-corrected chi connectivity index (χ4v) is 3.86. The molecule has 1 saturated heterocycles. The summed E-state index contributed by atoms with van der Waals surface area (Å²) in [6, 6.07) is 7.75. The Morgan fingerprint density at radius 1 is 1.10 bits per heavy atom. The second kappa shape index (κ2) is 9.11. The van der Waals surface area contributed by atoms with Crippen LogP contribution in [0.5, 0.6) is 0 Å². The third kappa shape index (κ3) is 4.82. The van der Waals surface area contributed by atoms with Gasteiger partial charge in [0.25, 0.3) is 11.7 Å². The molecule has 162 valence electrons. The fraction of sp³-hybridized carbons (Fsp3) is 0.409. The van der Waals surface area contributed by atoms with Gasteiger partial charge in [0, 0.05) is 41.4 Å². The van der Waals surface area contributed by atoms with Crippen molar-refractivity contribution in [2.75, 3.05) is 29.9 Å². The second-order valence-electron chi connectivity index (χ2n) is 7.71. The van der Waals surface area contributed by atoms with E-state index < -0.39 is 5.97 Å². The Kier molecular flexibility index (Phi) is 6.11. The first-order valence-corrected chi connectivity index (χ1v) is 10.5. The van der Waals surface area contributed by atoms with Crippen molar-refractivity contribution < 1.29 is 14.3 Å². The number of fused-ring (bicyclic) bond motifs is 1. The van der Waals surface area contributed by atoms with Crippen molar-refractivity contribution in [2.24, 2.45) is 0 Å². The van der Waals surface area contributed by atoms with Crippen molar-refractivity contribution in [3.63, 3.8) is 0 Å². The van der Waals surface area contributed by atoms with E-state index in [1.165, 1.54) is 25.6 Å². The third-order valence-corrected chi connectivity index (χ3v) is 5.55. The monoisotopic (exact) mass is 422 g/mol. The quantitative estimate of drug-likeness (QED) is 0.609. The molecule has 9 nitrogen and oxygen atoms in total. The Morgan fingerprint density at radius 3 is 2.58 bits per heavy atom. The zero-order valence-corrected chi connectivity index (χ0v) is 17.8. The van der Waals surface area contributed by atoms with Crippen LogP contribution in [0.15, 0.2) is 30.6 Å². The highest BCUT2D eigenvalue weighted by Gasteiger charge is 2.16. The number of hydrogen-bond donors (Lipinski definition) is 1. The first kappa shape index (κ1) is 20.8. The lowest BCUT2D eigenvalue weighted by molar-refractivity contribution is -0.146. The van der Waals surface area contributed by atoms with Crippen LogP contribution in [-0.2, 0) is 20.7 Å². The molecule has 3 heterocycles. The van der Waals surface area contributed by atoms with Gasteiger partial charge in [-0.15, -0.1) is 0 Å². The van der Waals surface area contributed by atoms with Crippen LogP contribution in [-0.4, -0.2) is 51.2 Å². The summed E-state index contributed by atoms with van der Waals surface area (Å²) in [6.45, 7) is 5.45. The fourth-order valence-electron chi connectivity index (χ4n) is 3.86. The predicted octanol–water partition coefficient (Wildman–Crippen LogP) is 2.46. The molecule has 0 saturated carbocycles. The van der Waals surface area contributed by atoms with Gasteiger partial charge in [-0.25, -0.2) is 9.50 Å². The number of benzene rings is 1. The largest absolute Gasteiger partial charge is 0.455 e. The van der Waals surface area contributed by atoms with E-state index in [0.717, 1.165) is 30.0 Å². The third-order valence-electron chi connectivity index (χ3n) is 5.55. The molecule has 1 aliphatic heterocycles. The number of anilines is 2. The first-order chi connectivity index (χ1) is 15.0. The normalized spacial score (nSPS) is 13.9. The number of hydrogen-bond acceptors (Lipinski definition) is 7. The molecule has 3 aromatic rings. The molecule has 4 rings (SSSR count). The molecule has 31 heavy (non-hydrogen) atoms. The average Bonchev–Trinajstić information content (AvgIpc) is 3.25. The van der Waals surface area contributed by atoms with Crippen molar-refractivity contribution in [2.45, 2.75) is 39.5 Å². The van der Waals surface area contributed by atoms with Crippen LogP contribution in [0.25, 0.3) is 5.78 Å². The number of amides is 1. The molecular weight excluding hydrogens is 396 g/mol. The second-order valence-corrected chi connectivity index (χ2v) is 7.71. The summed E-state index contributed by atoms with van der Waals surface area (Å²) in [6.07, 6.45) is 5.14. The van der Waals surface area contributed by atoms with Gasteiger partial charge in [-0.05, 0) is 57.4 Å². The van der Waals surface area contributed by atoms with Gasteiger partial charge < -0.3 is 15.0 Å². The van der Waals surface area contributed by atoms with Crippen LogP contribution in [0.2, 0.25) is 0 Å². The van der Waals surface area contributed by atoms with E-state index in [9.17, 15) is 9.59 Å². The summed E-state index contributed by atoms with van der Waals surface area (Å²) in [4.78, 5) is 35.2. The van der Waals surface area contributed by atoms with Crippen LogP contribution >= 0.6 is 0 Å². The predicted molar refractivity (Wildman–Crippen MR) is 116 cm³/mol. The van der Waals surface area contributed by atoms with Gasteiger partial charge in [0.05, 0.1) is 6.42 Å². The number of esters is 1. The van der Waals surface area contributed by atoms with Crippen LogP contribution in [0.1, 0.15) is 36.2 Å². The number of aryl methyl sites for hydroxylation is 2. The van der Waals surface area contributed by atoms with E-state index in [1.54, 1.807) is 4.52 Å². The number of rotatable bonds is 6. The molecule has 1 fully saturated rings. The maximum Gasteiger partial charge on any atom is 0.310 e. The summed E-state index contributed by atoms with van der Waals surface area (Å²) in [5.41, 5.74) is 4.02. The smallest absolute Gasteiger partial charge is 0.310 e. The van der Waals surface area contributed by atoms with Crippen molar-refractivity contribution in [3.8, 4) is 0 Å². The zero-order valence-electron chi connectivity index (χ0n) is 17.8. The number of carbonyl (C=O) groups excluding carboxylic acids is 2. The number of carbonyl (C=O) groups is 2. The summed E-state index contributed by atoms with van der Waals surface area (Å²) in [7, 11) is 0. The van der Waals surface area contributed by atoms with E-state index in [-0.39, 0.29) is 18.9 Å². The SMILES string of the molecule is Cc1nc2ncnn2c(C)c1CC(=O)OCC(=O)Nc1ccc(N2CCCCC2)cc1. The van der Waals surface area contributed by atoms with Crippen LogP contribution in [0.4, 0.5) is 11.4 Å². The molecule has 9 heteroatoms. The van der Waals surface area contributed by atoms with E-state index in [1.807, 2.05) is 38.1 Å². The van der Waals surface area contributed by atoms with Crippen LogP contribution in [0.3, 0.4) is 0 Å². The minimum atomic E-state index is -0.497. The Bertz CT molecular complexity index is 1090. The zero-order chi connectivity index (χ0) is 21.8. The van der Waals surface area contributed by atoms with E-state index in [4.69, 9.17) is 4.74 Å². The summed E-state index contributed by atoms with van der Waals surface area (Å²) >= 11 is 0. The highest BCUT2D eigenvalue weighted by Crippen LogP contribution is 2.21. The van der Waals surface area contributed by atoms with Gasteiger partial charge in [-0.1, -0.05) is 0 Å². The highest BCUT2D eigenvalue weighted by molar-refractivity contribution is 5.93. The Morgan fingerprint density at radius 2 is 1.84 bits per heavy atom. The molecule has 0 atom stereocenters. The van der Waals surface area contributed by atoms with Gasteiger partial charge in [0.15, 0.2) is 6.61 Å².